The quantitative estimate of drug-likeness (QED) is 0.866. The van der Waals surface area contributed by atoms with Gasteiger partial charge < -0.3 is 5.32 Å². The largest absolute Gasteiger partial charge is 0.310 e. The minimum atomic E-state index is 0.393. The van der Waals surface area contributed by atoms with E-state index in [1.165, 1.54) is 17.7 Å². The van der Waals surface area contributed by atoms with Gasteiger partial charge in [0.2, 0.25) is 0 Å². The van der Waals surface area contributed by atoms with Gasteiger partial charge in [0, 0.05) is 33.5 Å². The molecule has 2 aromatic rings. The number of hydrogen-bond acceptors (Lipinski definition) is 3. The van der Waals surface area contributed by atoms with Crippen LogP contribution in [0.15, 0.2) is 28.9 Å². The predicted octanol–water partition coefficient (Wildman–Crippen LogP) is 4.55. The predicted molar refractivity (Wildman–Crippen MR) is 89.5 cm³/mol. The van der Waals surface area contributed by atoms with Gasteiger partial charge in [-0.1, -0.05) is 18.5 Å². The molecule has 0 fully saturated rings. The van der Waals surface area contributed by atoms with Gasteiger partial charge in [0.15, 0.2) is 5.82 Å². The van der Waals surface area contributed by atoms with Crippen LogP contribution in [0.5, 0.6) is 0 Å². The van der Waals surface area contributed by atoms with Crippen molar-refractivity contribution in [3.05, 3.63) is 45.1 Å². The highest BCUT2D eigenvalue weighted by Crippen LogP contribution is 2.31. The Morgan fingerprint density at radius 3 is 3.05 bits per heavy atom. The van der Waals surface area contributed by atoms with Crippen molar-refractivity contribution in [2.75, 3.05) is 6.54 Å². The molecule has 3 nitrogen and oxygen atoms in total. The Labute approximate surface area is 138 Å². The highest BCUT2D eigenvalue weighted by atomic mass is 79.9. The van der Waals surface area contributed by atoms with E-state index in [0.717, 1.165) is 35.2 Å². The molecule has 1 N–H and O–H groups in total. The smallest absolute Gasteiger partial charge is 0.159 e. The number of aromatic nitrogens is 2. The topological polar surface area (TPSA) is 37.8 Å². The molecule has 21 heavy (non-hydrogen) atoms. The lowest BCUT2D eigenvalue weighted by molar-refractivity contribution is 0.464. The van der Waals surface area contributed by atoms with Crippen molar-refractivity contribution < 1.29 is 0 Å². The molecule has 1 aliphatic rings. The van der Waals surface area contributed by atoms with E-state index in [0.29, 0.717) is 11.1 Å². The van der Waals surface area contributed by atoms with Gasteiger partial charge in [0.25, 0.3) is 0 Å². The number of hydrogen-bond donors (Lipinski definition) is 1. The lowest BCUT2D eigenvalue weighted by Crippen LogP contribution is -2.25. The molecule has 0 saturated carbocycles. The third kappa shape index (κ3) is 3.12. The molecule has 0 amide bonds. The van der Waals surface area contributed by atoms with E-state index in [2.05, 4.69) is 33.2 Å². The molecule has 1 heterocycles. The number of aryl methyl sites for hydroxylation is 1. The number of halogens is 2. The molecule has 0 bridgehead atoms. The van der Waals surface area contributed by atoms with Gasteiger partial charge in [-0.05, 0) is 59.9 Å². The maximum atomic E-state index is 6.04. The molecule has 1 unspecified atom stereocenters. The average Bonchev–Trinajstić information content (AvgIpc) is 2.50. The van der Waals surface area contributed by atoms with Gasteiger partial charge in [0.05, 0.1) is 5.02 Å². The second-order valence-corrected chi connectivity index (χ2v) is 6.49. The molecule has 1 aromatic heterocycles. The second kappa shape index (κ2) is 6.42. The molecule has 3 rings (SSSR count). The van der Waals surface area contributed by atoms with Gasteiger partial charge in [-0.25, -0.2) is 9.97 Å². The fourth-order valence-electron chi connectivity index (χ4n) is 2.78. The van der Waals surface area contributed by atoms with Crippen molar-refractivity contribution in [1.29, 1.82) is 0 Å². The molecule has 1 aliphatic carbocycles. The first-order valence-corrected chi connectivity index (χ1v) is 8.40. The Kier molecular flexibility index (Phi) is 4.57. The Hall–Kier alpha value is -0.970. The van der Waals surface area contributed by atoms with Crippen molar-refractivity contribution in [3.63, 3.8) is 0 Å². The number of benzene rings is 1. The van der Waals surface area contributed by atoms with Crippen LogP contribution in [0.3, 0.4) is 0 Å². The summed E-state index contributed by atoms with van der Waals surface area (Å²) in [6.07, 6.45) is 5.34. The molecule has 0 saturated heterocycles. The van der Waals surface area contributed by atoms with Crippen molar-refractivity contribution >= 4 is 27.5 Å². The average molecular weight is 367 g/mol. The van der Waals surface area contributed by atoms with Crippen LogP contribution in [-0.4, -0.2) is 16.5 Å². The number of nitrogens with one attached hydrogen (secondary N) is 1. The van der Waals surface area contributed by atoms with E-state index in [9.17, 15) is 0 Å². The first kappa shape index (κ1) is 14.9. The Bertz CT molecular complexity index is 660. The van der Waals surface area contributed by atoms with E-state index in [-0.39, 0.29) is 0 Å². The van der Waals surface area contributed by atoms with Crippen molar-refractivity contribution in [2.24, 2.45) is 0 Å². The summed E-state index contributed by atoms with van der Waals surface area (Å²) >= 11 is 9.49. The summed E-state index contributed by atoms with van der Waals surface area (Å²) in [5.74, 6) is 0.767. The van der Waals surface area contributed by atoms with Crippen molar-refractivity contribution in [2.45, 2.75) is 32.2 Å². The zero-order chi connectivity index (χ0) is 14.8. The normalized spacial score (nSPS) is 17.6. The minimum Gasteiger partial charge on any atom is -0.310 e. The monoisotopic (exact) mass is 365 g/mol. The Balaban J connectivity index is 1.97. The molecular formula is C16H17BrClN3. The van der Waals surface area contributed by atoms with Crippen LogP contribution >= 0.6 is 27.5 Å². The molecule has 1 atom stereocenters. The van der Waals surface area contributed by atoms with Gasteiger partial charge in [0.1, 0.15) is 0 Å². The Morgan fingerprint density at radius 1 is 1.43 bits per heavy atom. The molecule has 0 radical (unpaired) electrons. The van der Waals surface area contributed by atoms with Crippen LogP contribution in [0, 0.1) is 0 Å². The molecule has 5 heteroatoms. The molecular weight excluding hydrogens is 350 g/mol. The fourth-order valence-corrected chi connectivity index (χ4v) is 3.28. The summed E-state index contributed by atoms with van der Waals surface area (Å²) in [5, 5.41) is 4.21. The molecule has 0 aliphatic heterocycles. The summed E-state index contributed by atoms with van der Waals surface area (Å²) < 4.78 is 0.869. The first-order valence-electron chi connectivity index (χ1n) is 7.23. The summed E-state index contributed by atoms with van der Waals surface area (Å²) in [5.41, 5.74) is 3.41. The van der Waals surface area contributed by atoms with Crippen molar-refractivity contribution in [3.8, 4) is 11.4 Å². The van der Waals surface area contributed by atoms with E-state index in [1.807, 2.05) is 24.4 Å². The third-order valence-corrected chi connectivity index (χ3v) is 5.02. The summed E-state index contributed by atoms with van der Waals surface area (Å²) in [6.45, 7) is 3.10. The molecule has 0 spiro atoms. The van der Waals surface area contributed by atoms with Crippen LogP contribution in [0.25, 0.3) is 11.4 Å². The number of fused-ring (bicyclic) bond motifs is 1. The summed E-state index contributed by atoms with van der Waals surface area (Å²) in [7, 11) is 0. The van der Waals surface area contributed by atoms with Crippen molar-refractivity contribution in [1.82, 2.24) is 15.3 Å². The van der Waals surface area contributed by atoms with Gasteiger partial charge in [-0.3, -0.25) is 0 Å². The fraction of sp³-hybridized carbons (Fsp3) is 0.375. The lowest BCUT2D eigenvalue weighted by atomic mass is 9.92. The minimum absolute atomic E-state index is 0.393. The second-order valence-electron chi connectivity index (χ2n) is 5.23. The highest BCUT2D eigenvalue weighted by Gasteiger charge is 2.21. The van der Waals surface area contributed by atoms with Crippen LogP contribution in [0.4, 0.5) is 0 Å². The summed E-state index contributed by atoms with van der Waals surface area (Å²) in [6, 6.07) is 6.18. The van der Waals surface area contributed by atoms with Gasteiger partial charge in [-0.15, -0.1) is 0 Å². The summed E-state index contributed by atoms with van der Waals surface area (Å²) in [4.78, 5) is 9.32. The van der Waals surface area contributed by atoms with E-state index < -0.39 is 0 Å². The highest BCUT2D eigenvalue weighted by molar-refractivity contribution is 9.10. The first-order chi connectivity index (χ1) is 10.2. The maximum absolute atomic E-state index is 6.04. The zero-order valence-corrected chi connectivity index (χ0v) is 14.2. The SMILES string of the molecule is CCNC1CCCc2nc(-c3ccc(Cl)c(Br)c3)ncc21. The number of nitrogens with zero attached hydrogens (tertiary/aromatic N) is 2. The third-order valence-electron chi connectivity index (χ3n) is 3.81. The zero-order valence-electron chi connectivity index (χ0n) is 11.9. The lowest BCUT2D eigenvalue weighted by Gasteiger charge is -2.25. The number of rotatable bonds is 3. The molecule has 110 valence electrons. The van der Waals surface area contributed by atoms with Crippen LogP contribution in [0.1, 0.15) is 37.1 Å². The van der Waals surface area contributed by atoms with E-state index in [1.54, 1.807) is 0 Å². The van der Waals surface area contributed by atoms with Crippen LogP contribution in [0.2, 0.25) is 5.02 Å². The van der Waals surface area contributed by atoms with Gasteiger partial charge >= 0.3 is 0 Å². The standard InChI is InChI=1S/C16H17BrClN3/c1-2-19-14-4-3-5-15-11(14)9-20-16(21-15)10-6-7-13(18)12(17)8-10/h6-9,14,19H,2-5H2,1H3. The molecule has 1 aromatic carbocycles. The Morgan fingerprint density at radius 2 is 2.29 bits per heavy atom. The maximum Gasteiger partial charge on any atom is 0.159 e. The van der Waals surface area contributed by atoms with Crippen LogP contribution in [-0.2, 0) is 6.42 Å². The van der Waals surface area contributed by atoms with Gasteiger partial charge in [-0.2, -0.15) is 0 Å². The van der Waals surface area contributed by atoms with E-state index >= 15 is 0 Å². The van der Waals surface area contributed by atoms with E-state index in [4.69, 9.17) is 16.6 Å². The van der Waals surface area contributed by atoms with Crippen LogP contribution < -0.4 is 5.32 Å².